The number of rotatable bonds is 4. The van der Waals surface area contributed by atoms with Gasteiger partial charge in [-0.3, -0.25) is 9.59 Å². The number of hydrogen-bond acceptors (Lipinski definition) is 4. The molecule has 2 heterocycles. The number of amides is 2. The summed E-state index contributed by atoms with van der Waals surface area (Å²) in [6, 6.07) is 7.30. The maximum absolute atomic E-state index is 12.7. The summed E-state index contributed by atoms with van der Waals surface area (Å²) in [6.07, 6.45) is 1.52. The van der Waals surface area contributed by atoms with Gasteiger partial charge in [0.25, 0.3) is 5.91 Å². The Hall–Kier alpha value is -2.08. The van der Waals surface area contributed by atoms with Crippen LogP contribution in [0, 0.1) is 5.92 Å². The molecule has 2 saturated heterocycles. The lowest BCUT2D eigenvalue weighted by atomic mass is 9.94. The summed E-state index contributed by atoms with van der Waals surface area (Å²) in [4.78, 5) is 31.5. The second-order valence-corrected chi connectivity index (χ2v) is 7.15. The van der Waals surface area contributed by atoms with E-state index in [1.165, 1.54) is 0 Å². The largest absolute Gasteiger partial charge is 0.494 e. The molecule has 2 amide bonds. The average molecular weight is 359 g/mol. The number of likely N-dealkylation sites (tertiary alicyclic amines) is 1. The first kappa shape index (κ1) is 18.7. The minimum absolute atomic E-state index is 0.0403. The van der Waals surface area contributed by atoms with Crippen molar-refractivity contribution in [2.45, 2.75) is 19.8 Å². The SMILES string of the molecule is CCOc1ccc(C(=O)N2CCC(C(=O)N3CCN(C)CC3)CC2)cc1. The molecule has 0 saturated carbocycles. The van der Waals surface area contributed by atoms with Crippen molar-refractivity contribution >= 4 is 11.8 Å². The van der Waals surface area contributed by atoms with E-state index in [2.05, 4.69) is 11.9 Å². The molecule has 26 heavy (non-hydrogen) atoms. The van der Waals surface area contributed by atoms with Gasteiger partial charge in [0.1, 0.15) is 5.75 Å². The van der Waals surface area contributed by atoms with E-state index in [9.17, 15) is 9.59 Å². The van der Waals surface area contributed by atoms with E-state index in [1.54, 1.807) is 0 Å². The molecule has 2 fully saturated rings. The van der Waals surface area contributed by atoms with Crippen LogP contribution in [-0.4, -0.2) is 79.4 Å². The van der Waals surface area contributed by atoms with Crippen molar-refractivity contribution in [2.24, 2.45) is 5.92 Å². The van der Waals surface area contributed by atoms with Crippen molar-refractivity contribution in [3.8, 4) is 5.75 Å². The summed E-state index contributed by atoms with van der Waals surface area (Å²) in [6.45, 7) is 7.38. The van der Waals surface area contributed by atoms with Gasteiger partial charge in [-0.25, -0.2) is 0 Å². The summed E-state index contributed by atoms with van der Waals surface area (Å²) in [5.41, 5.74) is 0.678. The third-order valence-corrected chi connectivity index (χ3v) is 5.36. The number of piperazine rings is 1. The van der Waals surface area contributed by atoms with Gasteiger partial charge < -0.3 is 19.4 Å². The number of carbonyl (C=O) groups excluding carboxylic acids is 2. The molecule has 0 unspecified atom stereocenters. The standard InChI is InChI=1S/C20H29N3O3/c1-3-26-18-6-4-16(5-7-18)19(24)22-10-8-17(9-11-22)20(25)23-14-12-21(2)13-15-23/h4-7,17H,3,8-15H2,1-2H3. The van der Waals surface area contributed by atoms with Crippen LogP contribution in [0.3, 0.4) is 0 Å². The number of carbonyl (C=O) groups is 2. The van der Waals surface area contributed by atoms with E-state index < -0.39 is 0 Å². The van der Waals surface area contributed by atoms with Gasteiger partial charge >= 0.3 is 0 Å². The minimum atomic E-state index is 0.0403. The summed E-state index contributed by atoms with van der Waals surface area (Å²) >= 11 is 0. The van der Waals surface area contributed by atoms with Crippen LogP contribution in [0.15, 0.2) is 24.3 Å². The van der Waals surface area contributed by atoms with E-state index in [4.69, 9.17) is 4.74 Å². The minimum Gasteiger partial charge on any atom is -0.494 e. The van der Waals surface area contributed by atoms with Gasteiger partial charge in [0, 0.05) is 50.7 Å². The topological polar surface area (TPSA) is 53.1 Å². The number of hydrogen-bond donors (Lipinski definition) is 0. The van der Waals surface area contributed by atoms with Crippen LogP contribution < -0.4 is 4.74 Å². The highest BCUT2D eigenvalue weighted by atomic mass is 16.5. The quantitative estimate of drug-likeness (QED) is 0.821. The Morgan fingerprint density at radius 2 is 1.58 bits per heavy atom. The lowest BCUT2D eigenvalue weighted by molar-refractivity contribution is -0.138. The van der Waals surface area contributed by atoms with Gasteiger partial charge in [0.2, 0.25) is 5.91 Å². The van der Waals surface area contributed by atoms with Crippen LogP contribution in [0.1, 0.15) is 30.1 Å². The van der Waals surface area contributed by atoms with E-state index in [-0.39, 0.29) is 17.7 Å². The van der Waals surface area contributed by atoms with Crippen LogP contribution in [0.2, 0.25) is 0 Å². The Labute approximate surface area is 155 Å². The first-order chi connectivity index (χ1) is 12.6. The first-order valence-electron chi connectivity index (χ1n) is 9.58. The Kier molecular flexibility index (Phi) is 6.14. The molecule has 0 radical (unpaired) electrons. The van der Waals surface area contributed by atoms with Gasteiger partial charge in [-0.2, -0.15) is 0 Å². The van der Waals surface area contributed by atoms with Crippen molar-refractivity contribution in [3.05, 3.63) is 29.8 Å². The van der Waals surface area contributed by atoms with Gasteiger partial charge in [0.05, 0.1) is 6.61 Å². The monoisotopic (exact) mass is 359 g/mol. The van der Waals surface area contributed by atoms with Crippen LogP contribution in [0.4, 0.5) is 0 Å². The predicted molar refractivity (Wildman–Crippen MR) is 100 cm³/mol. The van der Waals surface area contributed by atoms with E-state index >= 15 is 0 Å². The molecule has 0 spiro atoms. The van der Waals surface area contributed by atoms with Crippen molar-refractivity contribution in [3.63, 3.8) is 0 Å². The molecule has 0 aromatic heterocycles. The van der Waals surface area contributed by atoms with Crippen molar-refractivity contribution in [1.82, 2.24) is 14.7 Å². The lowest BCUT2D eigenvalue weighted by Gasteiger charge is -2.37. The first-order valence-corrected chi connectivity index (χ1v) is 9.58. The number of benzene rings is 1. The fraction of sp³-hybridized carbons (Fsp3) is 0.600. The zero-order valence-electron chi connectivity index (χ0n) is 15.8. The molecule has 2 aliphatic heterocycles. The van der Waals surface area contributed by atoms with Gasteiger partial charge in [-0.15, -0.1) is 0 Å². The maximum atomic E-state index is 12.7. The molecule has 0 aliphatic carbocycles. The highest BCUT2D eigenvalue weighted by Crippen LogP contribution is 2.22. The number of ether oxygens (including phenoxy) is 1. The molecule has 1 aromatic carbocycles. The average Bonchev–Trinajstić information content (AvgIpc) is 2.68. The van der Waals surface area contributed by atoms with Gasteiger partial charge in [-0.05, 0) is 51.1 Å². The summed E-state index contributed by atoms with van der Waals surface area (Å²) in [7, 11) is 2.09. The Balaban J connectivity index is 1.51. The second-order valence-electron chi connectivity index (χ2n) is 7.15. The van der Waals surface area contributed by atoms with Crippen molar-refractivity contribution in [1.29, 1.82) is 0 Å². The van der Waals surface area contributed by atoms with E-state index in [0.29, 0.717) is 25.3 Å². The molecule has 6 nitrogen and oxygen atoms in total. The summed E-state index contributed by atoms with van der Waals surface area (Å²) in [5, 5.41) is 0. The molecular weight excluding hydrogens is 330 g/mol. The lowest BCUT2D eigenvalue weighted by Crippen LogP contribution is -2.51. The van der Waals surface area contributed by atoms with Crippen LogP contribution in [-0.2, 0) is 4.79 Å². The van der Waals surface area contributed by atoms with Crippen molar-refractivity contribution < 1.29 is 14.3 Å². The van der Waals surface area contributed by atoms with Crippen LogP contribution in [0.5, 0.6) is 5.75 Å². The molecule has 2 aliphatic rings. The predicted octanol–water partition coefficient (Wildman–Crippen LogP) is 1.71. The molecule has 1 aromatic rings. The highest BCUT2D eigenvalue weighted by Gasteiger charge is 2.31. The van der Waals surface area contributed by atoms with Gasteiger partial charge in [-0.1, -0.05) is 0 Å². The zero-order chi connectivity index (χ0) is 18.5. The summed E-state index contributed by atoms with van der Waals surface area (Å²) in [5.74, 6) is 1.15. The normalized spacial score (nSPS) is 19.5. The van der Waals surface area contributed by atoms with E-state index in [0.717, 1.165) is 44.8 Å². The van der Waals surface area contributed by atoms with Crippen molar-refractivity contribution in [2.75, 3.05) is 52.9 Å². The Morgan fingerprint density at radius 3 is 2.15 bits per heavy atom. The Morgan fingerprint density at radius 1 is 0.962 bits per heavy atom. The third-order valence-electron chi connectivity index (χ3n) is 5.36. The summed E-state index contributed by atoms with van der Waals surface area (Å²) < 4.78 is 5.42. The Bertz CT molecular complexity index is 616. The maximum Gasteiger partial charge on any atom is 0.253 e. The molecule has 0 N–H and O–H groups in total. The van der Waals surface area contributed by atoms with Crippen LogP contribution in [0.25, 0.3) is 0 Å². The fourth-order valence-electron chi connectivity index (χ4n) is 3.66. The molecule has 0 bridgehead atoms. The van der Waals surface area contributed by atoms with E-state index in [1.807, 2.05) is 41.0 Å². The third kappa shape index (κ3) is 4.36. The zero-order valence-corrected chi connectivity index (χ0v) is 15.8. The fourth-order valence-corrected chi connectivity index (χ4v) is 3.66. The number of piperidine rings is 1. The van der Waals surface area contributed by atoms with Gasteiger partial charge in [0.15, 0.2) is 0 Å². The smallest absolute Gasteiger partial charge is 0.253 e. The highest BCUT2D eigenvalue weighted by molar-refractivity contribution is 5.94. The molecule has 3 rings (SSSR count). The molecule has 0 atom stereocenters. The molecular formula is C20H29N3O3. The number of likely N-dealkylation sites (N-methyl/N-ethyl adjacent to an activating group) is 1. The molecule has 142 valence electrons. The number of nitrogens with zero attached hydrogens (tertiary/aromatic N) is 3. The second kappa shape index (κ2) is 8.54. The van der Waals surface area contributed by atoms with Crippen LogP contribution >= 0.6 is 0 Å². The molecule has 6 heteroatoms.